The molecule has 1 fully saturated rings. The van der Waals surface area contributed by atoms with Gasteiger partial charge in [-0.1, -0.05) is 71.7 Å². The van der Waals surface area contributed by atoms with E-state index in [0.717, 1.165) is 22.3 Å². The SMILES string of the molecule is C[C@H](O)C12c3ccccc3C(c3ccccc31)[C@H]1C(=O)N(c3ccc(Cl)cc3Cl)C(=O)[C@@H]12. The minimum atomic E-state index is -1.02. The number of carbonyl (C=O) groups excluding carboxylic acids is 2. The third-order valence-electron chi connectivity index (χ3n) is 7.49. The number of anilines is 1. The van der Waals surface area contributed by atoms with Gasteiger partial charge in [-0.3, -0.25) is 9.59 Å². The Labute approximate surface area is 195 Å². The first-order valence-electron chi connectivity index (χ1n) is 10.6. The number of imide groups is 1. The van der Waals surface area contributed by atoms with Crippen LogP contribution in [0.2, 0.25) is 10.0 Å². The van der Waals surface area contributed by atoms with Gasteiger partial charge in [0, 0.05) is 10.9 Å². The summed E-state index contributed by atoms with van der Waals surface area (Å²) in [7, 11) is 0. The lowest BCUT2D eigenvalue weighted by molar-refractivity contribution is -0.126. The molecule has 0 saturated carbocycles. The molecule has 3 aliphatic carbocycles. The lowest BCUT2D eigenvalue weighted by Gasteiger charge is -2.55. The number of amides is 2. The smallest absolute Gasteiger partial charge is 0.239 e. The van der Waals surface area contributed by atoms with Gasteiger partial charge in [0.2, 0.25) is 11.8 Å². The van der Waals surface area contributed by atoms with Gasteiger partial charge < -0.3 is 5.11 Å². The maximum Gasteiger partial charge on any atom is 0.239 e. The van der Waals surface area contributed by atoms with Gasteiger partial charge in [0.05, 0.1) is 34.1 Å². The van der Waals surface area contributed by atoms with Crippen LogP contribution in [0.25, 0.3) is 0 Å². The number of hydrogen-bond acceptors (Lipinski definition) is 3. The van der Waals surface area contributed by atoms with Crippen molar-refractivity contribution in [3.63, 3.8) is 0 Å². The standard InChI is InChI=1S/C26H19Cl2NO3/c1-13(30)26-17-8-4-2-6-15(17)21(16-7-3-5-9-18(16)26)22-23(26)25(32)29(24(22)31)20-11-10-14(27)12-19(20)28/h2-13,21-23,30H,1H3/t13-,21?,22+,23+,26?/m0/s1. The molecule has 2 amide bonds. The first kappa shape index (κ1) is 20.0. The van der Waals surface area contributed by atoms with Gasteiger partial charge in [0.1, 0.15) is 0 Å². The highest BCUT2D eigenvalue weighted by atomic mass is 35.5. The van der Waals surface area contributed by atoms with E-state index in [9.17, 15) is 14.7 Å². The maximum atomic E-state index is 14.0. The molecule has 7 rings (SSSR count). The summed E-state index contributed by atoms with van der Waals surface area (Å²) in [4.78, 5) is 29.1. The maximum absolute atomic E-state index is 14.0. The largest absolute Gasteiger partial charge is 0.392 e. The number of carbonyl (C=O) groups is 2. The van der Waals surface area contributed by atoms with Crippen molar-refractivity contribution < 1.29 is 14.7 Å². The van der Waals surface area contributed by atoms with Crippen molar-refractivity contribution in [2.45, 2.75) is 24.4 Å². The van der Waals surface area contributed by atoms with E-state index in [0.29, 0.717) is 10.7 Å². The molecule has 32 heavy (non-hydrogen) atoms. The molecule has 3 aromatic rings. The Morgan fingerprint density at radius 2 is 1.50 bits per heavy atom. The Bertz CT molecular complexity index is 1270. The third-order valence-corrected chi connectivity index (χ3v) is 8.03. The topological polar surface area (TPSA) is 57.6 Å². The molecule has 1 saturated heterocycles. The van der Waals surface area contributed by atoms with E-state index in [1.165, 1.54) is 11.0 Å². The van der Waals surface area contributed by atoms with Crippen molar-refractivity contribution in [3.05, 3.63) is 99.0 Å². The van der Waals surface area contributed by atoms with Gasteiger partial charge >= 0.3 is 0 Å². The zero-order valence-electron chi connectivity index (χ0n) is 17.1. The molecule has 3 aromatic carbocycles. The normalized spacial score (nSPS) is 28.4. The second kappa shape index (κ2) is 6.67. The molecule has 0 radical (unpaired) electrons. The van der Waals surface area contributed by atoms with Gasteiger partial charge in [0.25, 0.3) is 0 Å². The number of nitrogens with zero attached hydrogens (tertiary/aromatic N) is 1. The summed E-state index contributed by atoms with van der Waals surface area (Å²) in [6.07, 6.45) is -0.893. The van der Waals surface area contributed by atoms with Crippen LogP contribution in [0.5, 0.6) is 0 Å². The van der Waals surface area contributed by atoms with Crippen LogP contribution in [0.1, 0.15) is 35.1 Å². The van der Waals surface area contributed by atoms with Crippen LogP contribution in [-0.2, 0) is 15.0 Å². The van der Waals surface area contributed by atoms with Crippen LogP contribution < -0.4 is 4.90 Å². The lowest BCUT2D eigenvalue weighted by Crippen LogP contribution is -2.58. The zero-order valence-corrected chi connectivity index (χ0v) is 18.6. The number of aliphatic hydroxyl groups excluding tert-OH is 1. The highest BCUT2D eigenvalue weighted by Gasteiger charge is 2.69. The van der Waals surface area contributed by atoms with Crippen molar-refractivity contribution in [2.75, 3.05) is 4.90 Å². The predicted molar refractivity (Wildman–Crippen MR) is 123 cm³/mol. The quantitative estimate of drug-likeness (QED) is 0.548. The summed E-state index contributed by atoms with van der Waals surface area (Å²) in [6.45, 7) is 1.71. The number of aliphatic hydroxyl groups is 1. The van der Waals surface area contributed by atoms with Crippen LogP contribution in [0, 0.1) is 11.8 Å². The predicted octanol–water partition coefficient (Wildman–Crippen LogP) is 4.93. The number of halogens is 2. The first-order chi connectivity index (χ1) is 15.4. The summed E-state index contributed by atoms with van der Waals surface area (Å²) in [5.41, 5.74) is 3.15. The highest BCUT2D eigenvalue weighted by molar-refractivity contribution is 6.38. The van der Waals surface area contributed by atoms with Crippen LogP contribution in [0.3, 0.4) is 0 Å². The fourth-order valence-corrected chi connectivity index (χ4v) is 6.93. The fourth-order valence-electron chi connectivity index (χ4n) is 6.44. The van der Waals surface area contributed by atoms with Crippen molar-refractivity contribution >= 4 is 40.7 Å². The second-order valence-corrected chi connectivity index (χ2v) is 9.65. The molecule has 160 valence electrons. The molecular formula is C26H19Cl2NO3. The van der Waals surface area contributed by atoms with Crippen molar-refractivity contribution in [1.82, 2.24) is 0 Å². The number of hydrogen-bond donors (Lipinski definition) is 1. The molecule has 4 nitrogen and oxygen atoms in total. The minimum absolute atomic E-state index is 0.242. The van der Waals surface area contributed by atoms with E-state index >= 15 is 0 Å². The molecule has 6 heteroatoms. The third kappa shape index (κ3) is 2.22. The van der Waals surface area contributed by atoms with Crippen LogP contribution in [0.15, 0.2) is 66.7 Å². The summed E-state index contributed by atoms with van der Waals surface area (Å²) < 4.78 is 0. The highest BCUT2D eigenvalue weighted by Crippen LogP contribution is 2.65. The van der Waals surface area contributed by atoms with Crippen LogP contribution in [0.4, 0.5) is 5.69 Å². The van der Waals surface area contributed by atoms with E-state index in [4.69, 9.17) is 23.2 Å². The average molecular weight is 464 g/mol. The Morgan fingerprint density at radius 1 is 0.906 bits per heavy atom. The van der Waals surface area contributed by atoms with E-state index < -0.39 is 23.4 Å². The van der Waals surface area contributed by atoms with Gasteiger partial charge in [-0.2, -0.15) is 0 Å². The van der Waals surface area contributed by atoms with Crippen molar-refractivity contribution in [2.24, 2.45) is 11.8 Å². The zero-order chi connectivity index (χ0) is 22.4. The molecule has 1 aliphatic heterocycles. The minimum Gasteiger partial charge on any atom is -0.392 e. The van der Waals surface area contributed by atoms with Crippen LogP contribution >= 0.6 is 23.2 Å². The van der Waals surface area contributed by atoms with E-state index in [1.807, 2.05) is 48.5 Å². The van der Waals surface area contributed by atoms with Crippen LogP contribution in [-0.4, -0.2) is 23.0 Å². The molecule has 0 aromatic heterocycles. The molecular weight excluding hydrogens is 445 g/mol. The number of rotatable bonds is 2. The second-order valence-electron chi connectivity index (χ2n) is 8.81. The molecule has 1 N–H and O–H groups in total. The van der Waals surface area contributed by atoms with Gasteiger partial charge in [-0.05, 0) is 47.4 Å². The monoisotopic (exact) mass is 463 g/mol. The molecule has 3 atom stereocenters. The van der Waals surface area contributed by atoms with Gasteiger partial charge in [-0.25, -0.2) is 4.90 Å². The molecule has 1 heterocycles. The van der Waals surface area contributed by atoms with Crippen molar-refractivity contribution in [1.29, 1.82) is 0 Å². The van der Waals surface area contributed by atoms with Gasteiger partial charge in [-0.15, -0.1) is 0 Å². The first-order valence-corrected chi connectivity index (χ1v) is 11.3. The van der Waals surface area contributed by atoms with E-state index in [2.05, 4.69) is 0 Å². The Kier molecular flexibility index (Phi) is 4.17. The summed E-state index contributed by atoms with van der Waals surface area (Å²) in [5.74, 6) is -2.23. The lowest BCUT2D eigenvalue weighted by atomic mass is 9.46. The Hall–Kier alpha value is -2.66. The Morgan fingerprint density at radius 3 is 2.06 bits per heavy atom. The van der Waals surface area contributed by atoms with E-state index in [1.54, 1.807) is 19.1 Å². The Balaban J connectivity index is 1.66. The summed E-state index contributed by atoms with van der Waals surface area (Å²) in [6, 6.07) is 20.5. The molecule has 2 bridgehead atoms. The number of benzene rings is 3. The molecule has 4 aliphatic rings. The van der Waals surface area contributed by atoms with Crippen molar-refractivity contribution in [3.8, 4) is 0 Å². The fraction of sp³-hybridized carbons (Fsp3) is 0.231. The average Bonchev–Trinajstić information content (AvgIpc) is 3.05. The summed E-state index contributed by atoms with van der Waals surface area (Å²) >= 11 is 12.5. The molecule has 0 spiro atoms. The molecule has 0 unspecified atom stereocenters. The van der Waals surface area contributed by atoms with Gasteiger partial charge in [0.15, 0.2) is 0 Å². The summed E-state index contributed by atoms with van der Waals surface area (Å²) in [5, 5.41) is 12.0. The van der Waals surface area contributed by atoms with E-state index in [-0.39, 0.29) is 22.8 Å².